The van der Waals surface area contributed by atoms with E-state index in [1.54, 1.807) is 35.1 Å². The van der Waals surface area contributed by atoms with Crippen molar-refractivity contribution >= 4 is 49.9 Å². The number of rotatable bonds is 5. The van der Waals surface area contributed by atoms with E-state index in [9.17, 15) is 27.6 Å². The summed E-state index contributed by atoms with van der Waals surface area (Å²) in [5.41, 5.74) is 0.534. The molecule has 3 fully saturated rings. The Hall–Kier alpha value is -4.06. The van der Waals surface area contributed by atoms with Crippen LogP contribution in [0.15, 0.2) is 52.5 Å². The van der Waals surface area contributed by atoms with Crippen LogP contribution in [-0.4, -0.2) is 65.9 Å². The smallest absolute Gasteiger partial charge is 0.259 e. The van der Waals surface area contributed by atoms with E-state index in [-0.39, 0.29) is 45.9 Å². The molecule has 4 heterocycles. The molecule has 1 atom stereocenters. The zero-order valence-corrected chi connectivity index (χ0v) is 24.0. The van der Waals surface area contributed by atoms with Gasteiger partial charge in [-0.2, -0.15) is 5.10 Å². The van der Waals surface area contributed by atoms with Crippen LogP contribution in [-0.2, 0) is 24.2 Å². The highest BCUT2D eigenvalue weighted by atomic mass is 32.2. The molecule has 0 bridgehead atoms. The molecule has 42 heavy (non-hydrogen) atoms. The number of sulfone groups is 1. The van der Waals surface area contributed by atoms with Gasteiger partial charge in [-0.3, -0.25) is 34.1 Å². The number of carbonyl (C=O) groups excluding carboxylic acids is 4. The maximum Gasteiger partial charge on any atom is 0.259 e. The van der Waals surface area contributed by atoms with E-state index in [0.717, 1.165) is 19.3 Å². The van der Waals surface area contributed by atoms with E-state index < -0.39 is 27.7 Å². The molecule has 3 aliphatic heterocycles. The van der Waals surface area contributed by atoms with Gasteiger partial charge in [-0.15, -0.1) is 0 Å². The first-order chi connectivity index (χ1) is 20.1. The van der Waals surface area contributed by atoms with Gasteiger partial charge in [0.2, 0.25) is 27.6 Å². The molecule has 2 aromatic carbocycles. The molecule has 4 amide bonds. The number of nitrogens with zero attached hydrogens (tertiary/aromatic N) is 4. The Bertz CT molecular complexity index is 1780. The number of anilines is 1. The predicted octanol–water partition coefficient (Wildman–Crippen LogP) is 2.99. The number of amides is 4. The monoisotopic (exact) mass is 589 g/mol. The zero-order chi connectivity index (χ0) is 29.4. The van der Waals surface area contributed by atoms with Crippen LogP contribution in [0.5, 0.6) is 0 Å². The summed E-state index contributed by atoms with van der Waals surface area (Å²) < 4.78 is 29.5. The number of benzene rings is 2. The summed E-state index contributed by atoms with van der Waals surface area (Å²) in [5.74, 6) is -1.10. The van der Waals surface area contributed by atoms with Crippen molar-refractivity contribution in [3.05, 3.63) is 48.3 Å². The van der Waals surface area contributed by atoms with E-state index in [4.69, 9.17) is 0 Å². The van der Waals surface area contributed by atoms with E-state index in [0.29, 0.717) is 48.0 Å². The lowest BCUT2D eigenvalue weighted by molar-refractivity contribution is -0.147. The van der Waals surface area contributed by atoms with Crippen LogP contribution < -0.4 is 10.2 Å². The van der Waals surface area contributed by atoms with Crippen molar-refractivity contribution in [2.45, 2.75) is 73.7 Å². The van der Waals surface area contributed by atoms with Crippen molar-refractivity contribution in [2.75, 3.05) is 18.0 Å². The van der Waals surface area contributed by atoms with E-state index in [2.05, 4.69) is 10.4 Å². The first-order valence-corrected chi connectivity index (χ1v) is 15.9. The summed E-state index contributed by atoms with van der Waals surface area (Å²) in [4.78, 5) is 54.1. The number of hydrogen-bond acceptors (Lipinski definition) is 7. The van der Waals surface area contributed by atoms with Gasteiger partial charge in [-0.1, -0.05) is 25.5 Å². The average molecular weight is 590 g/mol. The lowest BCUT2D eigenvalue weighted by Gasteiger charge is -2.43. The maximum atomic E-state index is 13.9. The third-order valence-electron chi connectivity index (χ3n) is 9.49. The average Bonchev–Trinajstić information content (AvgIpc) is 3.57. The quantitative estimate of drug-likeness (QED) is 0.452. The number of imide groups is 1. The minimum absolute atomic E-state index is 0.0142. The number of nitrogens with one attached hydrogen (secondary N) is 1. The number of hydrogen-bond donors (Lipinski definition) is 1. The summed E-state index contributed by atoms with van der Waals surface area (Å²) in [6.07, 6.45) is 7.57. The van der Waals surface area contributed by atoms with Crippen LogP contribution in [0, 0.1) is 5.41 Å². The summed E-state index contributed by atoms with van der Waals surface area (Å²) in [6, 6.07) is 7.08. The molecule has 1 saturated carbocycles. The molecule has 12 heteroatoms. The minimum atomic E-state index is -4.01. The summed E-state index contributed by atoms with van der Waals surface area (Å²) in [7, 11) is -4.01. The van der Waals surface area contributed by atoms with Crippen LogP contribution in [0.2, 0.25) is 0 Å². The lowest BCUT2D eigenvalue weighted by atomic mass is 9.69. The van der Waals surface area contributed by atoms with E-state index >= 15 is 0 Å². The fraction of sp³-hybridized carbons (Fsp3) is 0.433. The Morgan fingerprint density at radius 1 is 1.05 bits per heavy atom. The van der Waals surface area contributed by atoms with Gasteiger partial charge in [-0.05, 0) is 50.3 Å². The SMILES string of the molecule is CC1(C(=O)N2CCC(n3cc(S(=O)(=O)c4ccc5c6c(cccc46)C(=O)N5C4CCC(=O)NC4=O)cn3)CC2)CCC1. The molecule has 1 aliphatic carbocycles. The van der Waals surface area contributed by atoms with Gasteiger partial charge < -0.3 is 4.90 Å². The third kappa shape index (κ3) is 3.98. The molecule has 2 saturated heterocycles. The topological polar surface area (TPSA) is 139 Å². The highest BCUT2D eigenvalue weighted by molar-refractivity contribution is 7.91. The largest absolute Gasteiger partial charge is 0.342 e. The molecule has 0 spiro atoms. The van der Waals surface area contributed by atoms with Crippen molar-refractivity contribution in [1.82, 2.24) is 20.0 Å². The Balaban J connectivity index is 1.16. The Morgan fingerprint density at radius 2 is 1.81 bits per heavy atom. The first kappa shape index (κ1) is 26.8. The molecule has 1 unspecified atom stereocenters. The van der Waals surface area contributed by atoms with Gasteiger partial charge in [0, 0.05) is 47.5 Å². The van der Waals surface area contributed by atoms with E-state index in [1.807, 2.05) is 11.8 Å². The summed E-state index contributed by atoms with van der Waals surface area (Å²) in [5, 5.41) is 7.56. The van der Waals surface area contributed by atoms with Crippen LogP contribution in [0.25, 0.3) is 10.8 Å². The fourth-order valence-electron chi connectivity index (χ4n) is 6.87. The van der Waals surface area contributed by atoms with Gasteiger partial charge >= 0.3 is 0 Å². The summed E-state index contributed by atoms with van der Waals surface area (Å²) in [6.45, 7) is 3.28. The number of carbonyl (C=O) groups is 4. The molecule has 1 aromatic heterocycles. The van der Waals surface area contributed by atoms with Crippen molar-refractivity contribution in [3.63, 3.8) is 0 Å². The van der Waals surface area contributed by atoms with Gasteiger partial charge in [0.1, 0.15) is 10.9 Å². The molecule has 0 radical (unpaired) electrons. The molecular weight excluding hydrogens is 558 g/mol. The van der Waals surface area contributed by atoms with E-state index in [1.165, 1.54) is 17.2 Å². The molecule has 218 valence electrons. The Labute approximate surface area is 242 Å². The standard InChI is InChI=1S/C30H31N5O6S/c1-30(12-3-13-30)29(39)33-14-10-18(11-15-33)34-17-19(16-31-34)42(40,41)24-8-6-22-26-20(24)4-2-5-21(26)28(38)35(22)23-7-9-25(36)32-27(23)37/h2,4-6,8,16-18,23H,3,7,9-15H2,1H3,(H,32,36,37). The van der Waals surface area contributed by atoms with Crippen LogP contribution in [0.1, 0.15) is 68.3 Å². The van der Waals surface area contributed by atoms with Crippen molar-refractivity contribution < 1.29 is 27.6 Å². The normalized spacial score (nSPS) is 22.4. The Kier molecular flexibility index (Phi) is 6.05. The maximum absolute atomic E-state index is 13.9. The zero-order valence-electron chi connectivity index (χ0n) is 23.2. The third-order valence-corrected chi connectivity index (χ3v) is 11.3. The van der Waals surface area contributed by atoms with Gasteiger partial charge in [0.15, 0.2) is 0 Å². The minimum Gasteiger partial charge on any atom is -0.342 e. The second kappa shape index (κ2) is 9.48. The highest BCUT2D eigenvalue weighted by Crippen LogP contribution is 2.44. The first-order valence-electron chi connectivity index (χ1n) is 14.4. The van der Waals surface area contributed by atoms with Crippen LogP contribution in [0.4, 0.5) is 5.69 Å². The van der Waals surface area contributed by atoms with Gasteiger partial charge in [0.25, 0.3) is 5.91 Å². The van der Waals surface area contributed by atoms with Crippen molar-refractivity contribution in [2.24, 2.45) is 5.41 Å². The summed E-state index contributed by atoms with van der Waals surface area (Å²) >= 11 is 0. The van der Waals surface area contributed by atoms with Gasteiger partial charge in [-0.25, -0.2) is 8.42 Å². The second-order valence-corrected chi connectivity index (χ2v) is 14.0. The Morgan fingerprint density at radius 3 is 2.50 bits per heavy atom. The molecular formula is C30H31N5O6S. The second-order valence-electron chi connectivity index (χ2n) is 12.1. The number of piperidine rings is 2. The molecule has 3 aromatic rings. The molecule has 11 nitrogen and oxygen atoms in total. The van der Waals surface area contributed by atoms with Crippen molar-refractivity contribution in [1.29, 1.82) is 0 Å². The highest BCUT2D eigenvalue weighted by Gasteiger charge is 2.43. The molecule has 4 aliphatic rings. The lowest BCUT2D eigenvalue weighted by Crippen LogP contribution is -2.53. The molecule has 7 rings (SSSR count). The van der Waals surface area contributed by atoms with Crippen LogP contribution in [0.3, 0.4) is 0 Å². The fourth-order valence-corrected chi connectivity index (χ4v) is 8.27. The number of likely N-dealkylation sites (tertiary alicyclic amines) is 1. The van der Waals surface area contributed by atoms with Gasteiger partial charge in [0.05, 0.1) is 22.8 Å². The predicted molar refractivity (Wildman–Crippen MR) is 151 cm³/mol. The van der Waals surface area contributed by atoms with Crippen molar-refractivity contribution in [3.8, 4) is 0 Å². The van der Waals surface area contributed by atoms with Crippen LogP contribution >= 0.6 is 0 Å². The number of aromatic nitrogens is 2. The molecule has 1 N–H and O–H groups in total.